The highest BCUT2D eigenvalue weighted by Crippen LogP contribution is 2.29. The summed E-state index contributed by atoms with van der Waals surface area (Å²) in [7, 11) is 1.73. The van der Waals surface area contributed by atoms with E-state index in [9.17, 15) is 0 Å². The normalized spacial score (nSPS) is 16.0. The molecule has 0 atom stereocenters. The molecule has 4 heteroatoms. The highest BCUT2D eigenvalue weighted by atomic mass is 16.5. The number of ether oxygens (including phenoxy) is 1. The van der Waals surface area contributed by atoms with Crippen LogP contribution in [0.1, 0.15) is 31.2 Å². The van der Waals surface area contributed by atoms with E-state index in [4.69, 9.17) is 9.72 Å². The minimum absolute atomic E-state index is 0.907. The zero-order valence-electron chi connectivity index (χ0n) is 14.8. The van der Waals surface area contributed by atoms with Crippen LogP contribution in [0.25, 0.3) is 22.4 Å². The fraction of sp³-hybridized carbons (Fsp3) is 0.381. The molecule has 0 amide bonds. The first-order valence-corrected chi connectivity index (χ1v) is 9.18. The third-order valence-corrected chi connectivity index (χ3v) is 5.05. The topological polar surface area (TPSA) is 41.1 Å². The van der Waals surface area contributed by atoms with Gasteiger partial charge in [0.05, 0.1) is 18.1 Å². The number of H-pyrrole nitrogens is 1. The molecule has 1 N–H and O–H groups in total. The molecule has 0 unspecified atom stereocenters. The molecular formula is C21H25N3O. The smallest absolute Gasteiger partial charge is 0.138 e. The van der Waals surface area contributed by atoms with E-state index in [-0.39, 0.29) is 0 Å². The average molecular weight is 335 g/mol. The lowest BCUT2D eigenvalue weighted by Gasteiger charge is -2.21. The third-order valence-electron chi connectivity index (χ3n) is 5.05. The molecule has 1 saturated heterocycles. The number of hydrogen-bond donors (Lipinski definition) is 1. The lowest BCUT2D eigenvalue weighted by molar-refractivity contribution is 0.277. The van der Waals surface area contributed by atoms with Crippen molar-refractivity contribution in [3.8, 4) is 17.1 Å². The van der Waals surface area contributed by atoms with E-state index in [1.165, 1.54) is 49.9 Å². The molecule has 0 saturated carbocycles. The second kappa shape index (κ2) is 7.28. The van der Waals surface area contributed by atoms with E-state index in [0.717, 1.165) is 29.2 Å². The molecule has 0 bridgehead atoms. The van der Waals surface area contributed by atoms with Crippen LogP contribution in [0.5, 0.6) is 5.75 Å². The van der Waals surface area contributed by atoms with Crippen molar-refractivity contribution in [2.45, 2.75) is 32.2 Å². The SMILES string of the molecule is COc1ccc(-c2nc3ccccc3[nH]2)c(CN2CCCCCC2)c1. The highest BCUT2D eigenvalue weighted by molar-refractivity contribution is 5.80. The maximum Gasteiger partial charge on any atom is 0.138 e. The molecule has 4 nitrogen and oxygen atoms in total. The number of aromatic nitrogens is 2. The number of imidazole rings is 1. The van der Waals surface area contributed by atoms with E-state index < -0.39 is 0 Å². The summed E-state index contributed by atoms with van der Waals surface area (Å²) in [6.07, 6.45) is 5.30. The number of rotatable bonds is 4. The molecule has 4 rings (SSSR count). The van der Waals surface area contributed by atoms with E-state index in [1.54, 1.807) is 7.11 Å². The third kappa shape index (κ3) is 3.54. The number of hydrogen-bond acceptors (Lipinski definition) is 3. The molecule has 130 valence electrons. The molecule has 2 aromatic carbocycles. The van der Waals surface area contributed by atoms with Crippen LogP contribution in [0.15, 0.2) is 42.5 Å². The number of nitrogens with one attached hydrogen (secondary N) is 1. The Morgan fingerprint density at radius 3 is 2.60 bits per heavy atom. The van der Waals surface area contributed by atoms with Gasteiger partial charge in [-0.1, -0.05) is 25.0 Å². The minimum atomic E-state index is 0.907. The van der Waals surface area contributed by atoms with Crippen LogP contribution in [-0.2, 0) is 6.54 Å². The quantitative estimate of drug-likeness (QED) is 0.757. The standard InChI is InChI=1S/C21H25N3O/c1-25-17-10-11-18(21-22-19-8-4-5-9-20(19)23-21)16(14-17)15-24-12-6-2-3-7-13-24/h4-5,8-11,14H,2-3,6-7,12-13,15H2,1H3,(H,22,23). The molecule has 0 spiro atoms. The van der Waals surface area contributed by atoms with Crippen LogP contribution >= 0.6 is 0 Å². The first-order valence-electron chi connectivity index (χ1n) is 9.18. The van der Waals surface area contributed by atoms with Crippen LogP contribution in [0.2, 0.25) is 0 Å². The van der Waals surface area contributed by atoms with Gasteiger partial charge in [-0.3, -0.25) is 4.90 Å². The van der Waals surface area contributed by atoms with Gasteiger partial charge in [-0.05, 0) is 61.8 Å². The molecular weight excluding hydrogens is 310 g/mol. The van der Waals surface area contributed by atoms with Gasteiger partial charge in [0.25, 0.3) is 0 Å². The number of aromatic amines is 1. The predicted octanol–water partition coefficient (Wildman–Crippen LogP) is 4.61. The molecule has 1 aliphatic heterocycles. The zero-order chi connectivity index (χ0) is 17.1. The summed E-state index contributed by atoms with van der Waals surface area (Å²) < 4.78 is 5.47. The van der Waals surface area contributed by atoms with Crippen molar-refractivity contribution in [3.63, 3.8) is 0 Å². The predicted molar refractivity (Wildman–Crippen MR) is 102 cm³/mol. The van der Waals surface area contributed by atoms with Crippen LogP contribution in [0.4, 0.5) is 0 Å². The largest absolute Gasteiger partial charge is 0.497 e. The summed E-state index contributed by atoms with van der Waals surface area (Å²) in [6.45, 7) is 3.30. The molecule has 1 aliphatic rings. The van der Waals surface area contributed by atoms with Gasteiger partial charge < -0.3 is 9.72 Å². The average Bonchev–Trinajstić information content (AvgIpc) is 2.91. The van der Waals surface area contributed by atoms with Gasteiger partial charge in [-0.2, -0.15) is 0 Å². The summed E-state index contributed by atoms with van der Waals surface area (Å²) in [5.74, 6) is 1.85. The Balaban J connectivity index is 1.70. The summed E-state index contributed by atoms with van der Waals surface area (Å²) in [5.41, 5.74) is 4.53. The van der Waals surface area contributed by atoms with Gasteiger partial charge >= 0.3 is 0 Å². The van der Waals surface area contributed by atoms with Gasteiger partial charge in [0, 0.05) is 12.1 Å². The Morgan fingerprint density at radius 2 is 1.84 bits per heavy atom. The lowest BCUT2D eigenvalue weighted by atomic mass is 10.1. The Morgan fingerprint density at radius 1 is 1.04 bits per heavy atom. The first-order chi connectivity index (χ1) is 12.3. The highest BCUT2D eigenvalue weighted by Gasteiger charge is 2.15. The van der Waals surface area contributed by atoms with Gasteiger partial charge in [-0.25, -0.2) is 4.98 Å². The lowest BCUT2D eigenvalue weighted by Crippen LogP contribution is -2.24. The summed E-state index contributed by atoms with van der Waals surface area (Å²) in [5, 5.41) is 0. The van der Waals surface area contributed by atoms with Gasteiger partial charge in [-0.15, -0.1) is 0 Å². The second-order valence-electron chi connectivity index (χ2n) is 6.82. The zero-order valence-corrected chi connectivity index (χ0v) is 14.8. The number of methoxy groups -OCH3 is 1. The molecule has 25 heavy (non-hydrogen) atoms. The fourth-order valence-corrected chi connectivity index (χ4v) is 3.67. The number of benzene rings is 2. The van der Waals surface area contributed by atoms with E-state index >= 15 is 0 Å². The van der Waals surface area contributed by atoms with Crippen molar-refractivity contribution in [2.75, 3.05) is 20.2 Å². The summed E-state index contributed by atoms with van der Waals surface area (Å²) >= 11 is 0. The first kappa shape index (κ1) is 16.2. The van der Waals surface area contributed by atoms with Crippen LogP contribution in [0.3, 0.4) is 0 Å². The Hall–Kier alpha value is -2.33. The summed E-state index contributed by atoms with van der Waals surface area (Å²) in [6, 6.07) is 14.5. The van der Waals surface area contributed by atoms with Crippen molar-refractivity contribution >= 4 is 11.0 Å². The van der Waals surface area contributed by atoms with Crippen LogP contribution in [-0.4, -0.2) is 35.1 Å². The number of fused-ring (bicyclic) bond motifs is 1. The fourth-order valence-electron chi connectivity index (χ4n) is 3.67. The second-order valence-corrected chi connectivity index (χ2v) is 6.82. The van der Waals surface area contributed by atoms with Crippen molar-refractivity contribution in [1.82, 2.24) is 14.9 Å². The number of likely N-dealkylation sites (tertiary alicyclic amines) is 1. The van der Waals surface area contributed by atoms with Crippen molar-refractivity contribution in [3.05, 3.63) is 48.0 Å². The number of para-hydroxylation sites is 2. The van der Waals surface area contributed by atoms with Crippen molar-refractivity contribution in [1.29, 1.82) is 0 Å². The Kier molecular flexibility index (Phi) is 4.70. The van der Waals surface area contributed by atoms with Crippen molar-refractivity contribution in [2.24, 2.45) is 0 Å². The molecule has 1 aromatic heterocycles. The van der Waals surface area contributed by atoms with Crippen LogP contribution in [0, 0.1) is 0 Å². The maximum atomic E-state index is 5.47. The van der Waals surface area contributed by atoms with Gasteiger partial charge in [0.15, 0.2) is 0 Å². The van der Waals surface area contributed by atoms with Gasteiger partial charge in [0.1, 0.15) is 11.6 Å². The van der Waals surface area contributed by atoms with E-state index in [2.05, 4.69) is 28.1 Å². The molecule has 2 heterocycles. The minimum Gasteiger partial charge on any atom is -0.497 e. The van der Waals surface area contributed by atoms with Gasteiger partial charge in [0.2, 0.25) is 0 Å². The molecule has 1 fully saturated rings. The molecule has 0 aliphatic carbocycles. The van der Waals surface area contributed by atoms with Crippen LogP contribution < -0.4 is 4.74 Å². The Bertz CT molecular complexity index is 814. The molecule has 0 radical (unpaired) electrons. The van der Waals surface area contributed by atoms with E-state index in [0.29, 0.717) is 0 Å². The Labute approximate surface area is 148 Å². The maximum absolute atomic E-state index is 5.47. The monoisotopic (exact) mass is 335 g/mol. The molecule has 3 aromatic rings. The van der Waals surface area contributed by atoms with Crippen molar-refractivity contribution < 1.29 is 4.74 Å². The van der Waals surface area contributed by atoms with E-state index in [1.807, 2.05) is 24.3 Å². The summed E-state index contributed by atoms with van der Waals surface area (Å²) in [4.78, 5) is 10.8. The number of nitrogens with zero attached hydrogens (tertiary/aromatic N) is 2.